The summed E-state index contributed by atoms with van der Waals surface area (Å²) in [4.78, 5) is 14.6. The van der Waals surface area contributed by atoms with Crippen molar-refractivity contribution in [3.8, 4) is 0 Å². The predicted octanol–water partition coefficient (Wildman–Crippen LogP) is 2.87. The first-order valence-corrected chi connectivity index (χ1v) is 8.35. The van der Waals surface area contributed by atoms with Crippen molar-refractivity contribution < 1.29 is 9.53 Å². The fourth-order valence-corrected chi connectivity index (χ4v) is 2.60. The Labute approximate surface area is 144 Å². The smallest absolute Gasteiger partial charge is 0.253 e. The second-order valence-electron chi connectivity index (χ2n) is 5.78. The van der Waals surface area contributed by atoms with E-state index in [0.29, 0.717) is 25.3 Å². The van der Waals surface area contributed by atoms with E-state index in [4.69, 9.17) is 10.5 Å². The van der Waals surface area contributed by atoms with Gasteiger partial charge in [0.2, 0.25) is 0 Å². The normalized spacial score (nSPS) is 10.6. The minimum Gasteiger partial charge on any atom is -0.383 e. The lowest BCUT2D eigenvalue weighted by atomic mass is 10.1. The van der Waals surface area contributed by atoms with Crippen LogP contribution in [0.15, 0.2) is 54.6 Å². The van der Waals surface area contributed by atoms with Crippen molar-refractivity contribution in [2.24, 2.45) is 5.73 Å². The molecule has 0 radical (unpaired) electrons. The fraction of sp³-hybridized carbons (Fsp3) is 0.350. The molecule has 128 valence electrons. The van der Waals surface area contributed by atoms with Crippen LogP contribution in [-0.2, 0) is 17.7 Å². The lowest BCUT2D eigenvalue weighted by Crippen LogP contribution is -2.35. The van der Waals surface area contributed by atoms with Gasteiger partial charge in [0.15, 0.2) is 0 Å². The maximum atomic E-state index is 12.7. The Kier molecular flexibility index (Phi) is 7.46. The maximum Gasteiger partial charge on any atom is 0.253 e. The number of hydrogen-bond donors (Lipinski definition) is 1. The first-order chi connectivity index (χ1) is 11.7. The number of amides is 1. The molecular formula is C20H26N2O2. The van der Waals surface area contributed by atoms with Gasteiger partial charge in [0.25, 0.3) is 5.91 Å². The number of nitrogens with zero attached hydrogens (tertiary/aromatic N) is 1. The Morgan fingerprint density at radius 3 is 2.33 bits per heavy atom. The molecule has 0 aliphatic heterocycles. The number of rotatable bonds is 9. The second kappa shape index (κ2) is 9.85. The first-order valence-electron chi connectivity index (χ1n) is 8.35. The molecule has 0 spiro atoms. The summed E-state index contributed by atoms with van der Waals surface area (Å²) >= 11 is 0. The Hall–Kier alpha value is -2.17. The molecule has 0 unspecified atom stereocenters. The van der Waals surface area contributed by atoms with E-state index in [1.807, 2.05) is 47.4 Å². The topological polar surface area (TPSA) is 55.6 Å². The molecule has 2 aromatic carbocycles. The van der Waals surface area contributed by atoms with Crippen LogP contribution in [0.2, 0.25) is 0 Å². The minimum absolute atomic E-state index is 0.0451. The van der Waals surface area contributed by atoms with Gasteiger partial charge in [-0.2, -0.15) is 0 Å². The molecule has 0 bridgehead atoms. The third kappa shape index (κ3) is 5.48. The number of methoxy groups -OCH3 is 1. The molecule has 4 heteroatoms. The highest BCUT2D eigenvalue weighted by atomic mass is 16.5. The number of aryl methyl sites for hydroxylation is 1. The Morgan fingerprint density at radius 2 is 1.71 bits per heavy atom. The highest BCUT2D eigenvalue weighted by molar-refractivity contribution is 5.94. The van der Waals surface area contributed by atoms with E-state index >= 15 is 0 Å². The van der Waals surface area contributed by atoms with Gasteiger partial charge < -0.3 is 15.4 Å². The quantitative estimate of drug-likeness (QED) is 0.771. The van der Waals surface area contributed by atoms with Gasteiger partial charge in [0.05, 0.1) is 6.61 Å². The van der Waals surface area contributed by atoms with Crippen LogP contribution >= 0.6 is 0 Å². The largest absolute Gasteiger partial charge is 0.383 e. The fourth-order valence-electron chi connectivity index (χ4n) is 2.60. The zero-order valence-electron chi connectivity index (χ0n) is 14.3. The summed E-state index contributed by atoms with van der Waals surface area (Å²) in [7, 11) is 1.66. The number of carbonyl (C=O) groups is 1. The van der Waals surface area contributed by atoms with E-state index in [-0.39, 0.29) is 5.91 Å². The molecule has 0 atom stereocenters. The van der Waals surface area contributed by atoms with Crippen molar-refractivity contribution in [1.82, 2.24) is 4.90 Å². The third-order valence-corrected chi connectivity index (χ3v) is 4.03. The SMILES string of the molecule is COCCN(CCCc1ccccc1)C(=O)c1ccc(CN)cc1. The van der Waals surface area contributed by atoms with Crippen LogP contribution in [0.25, 0.3) is 0 Å². The molecule has 2 N–H and O–H groups in total. The number of benzene rings is 2. The summed E-state index contributed by atoms with van der Waals surface area (Å²) in [6.07, 6.45) is 1.89. The van der Waals surface area contributed by atoms with Crippen LogP contribution in [0.5, 0.6) is 0 Å². The number of ether oxygens (including phenoxy) is 1. The predicted molar refractivity (Wildman–Crippen MR) is 96.9 cm³/mol. The molecule has 0 saturated heterocycles. The summed E-state index contributed by atoms with van der Waals surface area (Å²) in [5.74, 6) is 0.0451. The lowest BCUT2D eigenvalue weighted by Gasteiger charge is -2.22. The number of carbonyl (C=O) groups excluding carboxylic acids is 1. The molecule has 0 aliphatic rings. The Morgan fingerprint density at radius 1 is 1.00 bits per heavy atom. The van der Waals surface area contributed by atoms with Crippen LogP contribution in [0, 0.1) is 0 Å². The standard InChI is InChI=1S/C20H26N2O2/c1-24-15-14-22(13-5-8-17-6-3-2-4-7-17)20(23)19-11-9-18(16-21)10-12-19/h2-4,6-7,9-12H,5,8,13-16,21H2,1H3. The van der Waals surface area contributed by atoms with Crippen LogP contribution in [0.3, 0.4) is 0 Å². The van der Waals surface area contributed by atoms with Gasteiger partial charge in [-0.1, -0.05) is 42.5 Å². The van der Waals surface area contributed by atoms with Crippen LogP contribution in [0.1, 0.15) is 27.9 Å². The molecule has 24 heavy (non-hydrogen) atoms. The van der Waals surface area contributed by atoms with E-state index in [1.54, 1.807) is 7.11 Å². The summed E-state index contributed by atoms with van der Waals surface area (Å²) in [5, 5.41) is 0. The van der Waals surface area contributed by atoms with Crippen LogP contribution in [0.4, 0.5) is 0 Å². The molecule has 0 aliphatic carbocycles. The number of hydrogen-bond acceptors (Lipinski definition) is 3. The van der Waals surface area contributed by atoms with E-state index in [1.165, 1.54) is 5.56 Å². The summed E-state index contributed by atoms with van der Waals surface area (Å²) in [6, 6.07) is 17.9. The summed E-state index contributed by atoms with van der Waals surface area (Å²) in [6.45, 7) is 2.34. The molecule has 1 amide bonds. The molecule has 4 nitrogen and oxygen atoms in total. The zero-order valence-corrected chi connectivity index (χ0v) is 14.3. The molecule has 0 saturated carbocycles. The molecule has 2 aromatic rings. The Balaban J connectivity index is 1.96. The van der Waals surface area contributed by atoms with E-state index < -0.39 is 0 Å². The van der Waals surface area contributed by atoms with Crippen LogP contribution < -0.4 is 5.73 Å². The average molecular weight is 326 g/mol. The van der Waals surface area contributed by atoms with Crippen molar-refractivity contribution in [2.75, 3.05) is 26.8 Å². The van der Waals surface area contributed by atoms with E-state index in [2.05, 4.69) is 12.1 Å². The summed E-state index contributed by atoms with van der Waals surface area (Å²) in [5.41, 5.74) is 8.63. The van der Waals surface area contributed by atoms with Gasteiger partial charge in [-0.3, -0.25) is 4.79 Å². The highest BCUT2D eigenvalue weighted by Crippen LogP contribution is 2.10. The third-order valence-electron chi connectivity index (χ3n) is 4.03. The van der Waals surface area contributed by atoms with Gasteiger partial charge in [-0.05, 0) is 36.1 Å². The molecule has 0 heterocycles. The monoisotopic (exact) mass is 326 g/mol. The van der Waals surface area contributed by atoms with Gasteiger partial charge >= 0.3 is 0 Å². The summed E-state index contributed by atoms with van der Waals surface area (Å²) < 4.78 is 5.15. The van der Waals surface area contributed by atoms with Gasteiger partial charge in [0, 0.05) is 32.3 Å². The van der Waals surface area contributed by atoms with Crippen molar-refractivity contribution in [2.45, 2.75) is 19.4 Å². The molecule has 2 rings (SSSR count). The van der Waals surface area contributed by atoms with Gasteiger partial charge in [0.1, 0.15) is 0 Å². The zero-order chi connectivity index (χ0) is 17.2. The maximum absolute atomic E-state index is 12.7. The Bertz CT molecular complexity index is 611. The second-order valence-corrected chi connectivity index (χ2v) is 5.78. The molecule has 0 fully saturated rings. The van der Waals surface area contributed by atoms with Gasteiger partial charge in [-0.25, -0.2) is 0 Å². The van der Waals surface area contributed by atoms with Crippen molar-refractivity contribution >= 4 is 5.91 Å². The van der Waals surface area contributed by atoms with Gasteiger partial charge in [-0.15, -0.1) is 0 Å². The number of nitrogens with two attached hydrogens (primary N) is 1. The highest BCUT2D eigenvalue weighted by Gasteiger charge is 2.15. The first kappa shape index (κ1) is 18.2. The molecular weight excluding hydrogens is 300 g/mol. The van der Waals surface area contributed by atoms with Crippen molar-refractivity contribution in [3.63, 3.8) is 0 Å². The lowest BCUT2D eigenvalue weighted by molar-refractivity contribution is 0.0693. The van der Waals surface area contributed by atoms with E-state index in [9.17, 15) is 4.79 Å². The average Bonchev–Trinajstić information content (AvgIpc) is 2.65. The van der Waals surface area contributed by atoms with Crippen molar-refractivity contribution in [1.29, 1.82) is 0 Å². The molecule has 0 aromatic heterocycles. The van der Waals surface area contributed by atoms with Crippen molar-refractivity contribution in [3.05, 3.63) is 71.3 Å². The van der Waals surface area contributed by atoms with Crippen LogP contribution in [-0.4, -0.2) is 37.6 Å². The minimum atomic E-state index is 0.0451. The van der Waals surface area contributed by atoms with E-state index in [0.717, 1.165) is 24.9 Å².